The highest BCUT2D eigenvalue weighted by atomic mass is 19.1. The standard InChI is InChI=1S/C24H41FO20/c25-21-17(38)20(10(31)6(2-27)39-21)45-24-16(37)13(34)19(8(4-29)42-24)44-23-15(36)12(33)18(7(3-28)41-23)43-22-14(35)11(32)9(30)5(1-26)40-22/h5-24,26-38H,1-4H2/t5-,6-,7-,8-,9+,10-,11+,12-,13-,14-,15-,16-,17-,18-,19-,20+,21+,22+,23+,24+/m1/s1. The van der Waals surface area contributed by atoms with E-state index in [0.29, 0.717) is 0 Å². The fraction of sp³-hybridized carbons (Fsp3) is 1.00. The van der Waals surface area contributed by atoms with E-state index in [0.717, 1.165) is 0 Å². The summed E-state index contributed by atoms with van der Waals surface area (Å²) in [4.78, 5) is 0. The molecule has 0 aromatic heterocycles. The van der Waals surface area contributed by atoms with Gasteiger partial charge in [-0.25, -0.2) is 4.39 Å². The van der Waals surface area contributed by atoms with Crippen molar-refractivity contribution in [1.29, 1.82) is 0 Å². The Bertz CT molecular complexity index is 918. The first-order chi connectivity index (χ1) is 21.3. The third-order valence-corrected chi connectivity index (χ3v) is 8.17. The minimum Gasteiger partial charge on any atom is -0.394 e. The number of aliphatic hydroxyl groups excluding tert-OH is 13. The maximum Gasteiger partial charge on any atom is 0.228 e. The number of ether oxygens (including phenoxy) is 7. The fourth-order valence-electron chi connectivity index (χ4n) is 5.51. The number of halogens is 1. The van der Waals surface area contributed by atoms with E-state index in [1.165, 1.54) is 0 Å². The molecule has 20 atom stereocenters. The van der Waals surface area contributed by atoms with Gasteiger partial charge in [0.2, 0.25) is 6.36 Å². The minimum atomic E-state index is -2.41. The third-order valence-electron chi connectivity index (χ3n) is 8.17. The number of rotatable bonds is 10. The molecule has 4 aliphatic heterocycles. The Morgan fingerprint density at radius 3 is 1.16 bits per heavy atom. The van der Waals surface area contributed by atoms with Gasteiger partial charge in [-0.05, 0) is 0 Å². The van der Waals surface area contributed by atoms with Gasteiger partial charge in [0.25, 0.3) is 0 Å². The molecule has 20 nitrogen and oxygen atoms in total. The van der Waals surface area contributed by atoms with Crippen LogP contribution in [0.2, 0.25) is 0 Å². The summed E-state index contributed by atoms with van der Waals surface area (Å²) in [6.45, 7) is -3.49. The van der Waals surface area contributed by atoms with E-state index in [1.54, 1.807) is 0 Å². The van der Waals surface area contributed by atoms with Crippen molar-refractivity contribution in [3.8, 4) is 0 Å². The van der Waals surface area contributed by atoms with Crippen molar-refractivity contribution in [2.24, 2.45) is 0 Å². The second kappa shape index (κ2) is 15.6. The zero-order valence-electron chi connectivity index (χ0n) is 23.4. The van der Waals surface area contributed by atoms with Crippen LogP contribution in [0.4, 0.5) is 4.39 Å². The lowest BCUT2D eigenvalue weighted by atomic mass is 9.95. The fourth-order valence-corrected chi connectivity index (χ4v) is 5.51. The Morgan fingerprint density at radius 1 is 0.378 bits per heavy atom. The van der Waals surface area contributed by atoms with Crippen LogP contribution >= 0.6 is 0 Å². The molecule has 4 heterocycles. The molecule has 4 fully saturated rings. The van der Waals surface area contributed by atoms with E-state index in [2.05, 4.69) is 4.74 Å². The number of hydrogen-bond acceptors (Lipinski definition) is 20. The predicted molar refractivity (Wildman–Crippen MR) is 133 cm³/mol. The Balaban J connectivity index is 1.43. The molecule has 0 aromatic rings. The molecule has 0 aliphatic carbocycles. The van der Waals surface area contributed by atoms with Crippen LogP contribution in [0.15, 0.2) is 0 Å². The molecular weight excluding hydrogens is 627 g/mol. The van der Waals surface area contributed by atoms with E-state index in [-0.39, 0.29) is 0 Å². The van der Waals surface area contributed by atoms with Gasteiger partial charge < -0.3 is 99.5 Å². The summed E-state index contributed by atoms with van der Waals surface area (Å²) >= 11 is 0. The van der Waals surface area contributed by atoms with Gasteiger partial charge in [-0.3, -0.25) is 0 Å². The summed E-state index contributed by atoms with van der Waals surface area (Å²) in [7, 11) is 0. The van der Waals surface area contributed by atoms with Crippen LogP contribution in [-0.2, 0) is 33.2 Å². The van der Waals surface area contributed by atoms with Crippen molar-refractivity contribution in [1.82, 2.24) is 0 Å². The van der Waals surface area contributed by atoms with Gasteiger partial charge in [-0.15, -0.1) is 0 Å². The molecular formula is C24H41FO20. The first-order valence-electron chi connectivity index (χ1n) is 14.1. The van der Waals surface area contributed by atoms with Crippen molar-refractivity contribution in [3.63, 3.8) is 0 Å². The van der Waals surface area contributed by atoms with E-state index in [9.17, 15) is 70.8 Å². The highest BCUT2D eigenvalue weighted by Gasteiger charge is 2.55. The summed E-state index contributed by atoms with van der Waals surface area (Å²) in [5, 5.41) is 132. The normalized spacial score (nSPS) is 52.9. The lowest BCUT2D eigenvalue weighted by Crippen LogP contribution is -2.67. The molecule has 45 heavy (non-hydrogen) atoms. The summed E-state index contributed by atoms with van der Waals surface area (Å²) in [6.07, 6.45) is -36.7. The minimum absolute atomic E-state index is 0.790. The summed E-state index contributed by atoms with van der Waals surface area (Å²) in [6, 6.07) is 0. The first kappa shape index (κ1) is 37.0. The Morgan fingerprint density at radius 2 is 0.733 bits per heavy atom. The molecule has 4 rings (SSSR count). The van der Waals surface area contributed by atoms with Gasteiger partial charge in [0.15, 0.2) is 18.9 Å². The maximum atomic E-state index is 14.1. The molecule has 264 valence electrons. The first-order valence-corrected chi connectivity index (χ1v) is 14.1. The summed E-state index contributed by atoms with van der Waals surface area (Å²) in [5.74, 6) is 0. The number of aliphatic hydroxyl groups is 13. The highest BCUT2D eigenvalue weighted by Crippen LogP contribution is 2.34. The number of hydrogen-bond donors (Lipinski definition) is 13. The van der Waals surface area contributed by atoms with E-state index in [1.807, 2.05) is 0 Å². The molecule has 0 spiro atoms. The van der Waals surface area contributed by atoms with Crippen LogP contribution in [0.25, 0.3) is 0 Å². The monoisotopic (exact) mass is 668 g/mol. The quantitative estimate of drug-likeness (QED) is 0.103. The van der Waals surface area contributed by atoms with Crippen molar-refractivity contribution in [2.75, 3.05) is 26.4 Å². The van der Waals surface area contributed by atoms with Crippen LogP contribution in [0.1, 0.15) is 0 Å². The Labute approximate surface area is 253 Å². The van der Waals surface area contributed by atoms with Gasteiger partial charge in [0.1, 0.15) is 97.7 Å². The molecule has 0 aromatic carbocycles. The Hall–Kier alpha value is -0.870. The molecule has 21 heteroatoms. The van der Waals surface area contributed by atoms with Gasteiger partial charge in [-0.1, -0.05) is 0 Å². The van der Waals surface area contributed by atoms with Crippen LogP contribution in [0, 0.1) is 0 Å². The zero-order chi connectivity index (χ0) is 33.3. The van der Waals surface area contributed by atoms with Crippen molar-refractivity contribution in [3.05, 3.63) is 0 Å². The molecule has 4 aliphatic rings. The molecule has 0 amide bonds. The SMILES string of the molecule is OC[C@H]1O[C@@H](O[C@H]2[C@H](O)[C@@H](O)[C@H](O[C@H]3[C@H](O)[C@@H](O)[C@H](O[C@@H]4[C@@H](O)[C@@H](F)O[C@H](CO)[C@H]4O)O[C@@H]3CO)O[C@@H]2CO)[C@H](O)[C@@H](O)[C@H]1O. The van der Waals surface area contributed by atoms with Crippen LogP contribution < -0.4 is 0 Å². The number of alkyl halides is 1. The maximum absolute atomic E-state index is 14.1. The molecule has 0 saturated carbocycles. The van der Waals surface area contributed by atoms with Crippen molar-refractivity contribution < 1.29 is 104 Å². The van der Waals surface area contributed by atoms with Crippen LogP contribution in [0.3, 0.4) is 0 Å². The predicted octanol–water partition coefficient (Wildman–Crippen LogP) is -8.77. The van der Waals surface area contributed by atoms with E-state index < -0.39 is 149 Å². The second-order valence-electron chi connectivity index (χ2n) is 11.1. The smallest absolute Gasteiger partial charge is 0.228 e. The summed E-state index contributed by atoms with van der Waals surface area (Å²) < 4.78 is 51.2. The Kier molecular flexibility index (Phi) is 12.8. The molecule has 0 unspecified atom stereocenters. The largest absolute Gasteiger partial charge is 0.394 e. The van der Waals surface area contributed by atoms with Gasteiger partial charge in [0, 0.05) is 0 Å². The van der Waals surface area contributed by atoms with Crippen LogP contribution in [-0.4, -0.2) is 216 Å². The van der Waals surface area contributed by atoms with E-state index in [4.69, 9.17) is 28.4 Å². The molecule has 0 bridgehead atoms. The average molecular weight is 669 g/mol. The molecule has 13 N–H and O–H groups in total. The topological polar surface area (TPSA) is 328 Å². The third kappa shape index (κ3) is 7.42. The average Bonchev–Trinajstić information content (AvgIpc) is 3.03. The lowest BCUT2D eigenvalue weighted by Gasteiger charge is -2.48. The van der Waals surface area contributed by atoms with E-state index >= 15 is 0 Å². The molecule has 0 radical (unpaired) electrons. The van der Waals surface area contributed by atoms with Gasteiger partial charge >= 0.3 is 0 Å². The summed E-state index contributed by atoms with van der Waals surface area (Å²) in [5.41, 5.74) is 0. The zero-order valence-corrected chi connectivity index (χ0v) is 23.4. The van der Waals surface area contributed by atoms with Crippen molar-refractivity contribution >= 4 is 0 Å². The molecule has 4 saturated heterocycles. The van der Waals surface area contributed by atoms with Crippen LogP contribution in [0.5, 0.6) is 0 Å². The lowest BCUT2D eigenvalue weighted by molar-refractivity contribution is -0.386. The van der Waals surface area contributed by atoms with Crippen molar-refractivity contribution in [2.45, 2.75) is 123 Å². The van der Waals surface area contributed by atoms with Gasteiger partial charge in [-0.2, -0.15) is 0 Å². The van der Waals surface area contributed by atoms with Gasteiger partial charge in [0.05, 0.1) is 26.4 Å². The highest BCUT2D eigenvalue weighted by molar-refractivity contribution is 4.97. The second-order valence-corrected chi connectivity index (χ2v) is 11.1.